The molecule has 0 saturated carbocycles. The van der Waals surface area contributed by atoms with E-state index < -0.39 is 5.82 Å². The summed E-state index contributed by atoms with van der Waals surface area (Å²) in [5.41, 5.74) is 0.724. The third-order valence-corrected chi connectivity index (χ3v) is 5.43. The van der Waals surface area contributed by atoms with E-state index >= 15 is 0 Å². The number of rotatable bonds is 3. The van der Waals surface area contributed by atoms with Crippen molar-refractivity contribution in [3.05, 3.63) is 54.1 Å². The molecule has 1 amide bonds. The topological polar surface area (TPSA) is 49.3 Å². The number of carbonyl (C=O) groups excluding carboxylic acids is 1. The van der Waals surface area contributed by atoms with Crippen LogP contribution in [0.3, 0.4) is 0 Å². The first-order valence-electron chi connectivity index (χ1n) is 8.71. The maximum absolute atomic E-state index is 13.1. The van der Waals surface area contributed by atoms with Crippen LogP contribution < -0.4 is 4.90 Å². The van der Waals surface area contributed by atoms with Gasteiger partial charge in [0.05, 0.1) is 12.4 Å². The summed E-state index contributed by atoms with van der Waals surface area (Å²) >= 11 is 0. The lowest BCUT2D eigenvalue weighted by Crippen LogP contribution is -2.51. The van der Waals surface area contributed by atoms with Gasteiger partial charge in [0.1, 0.15) is 0 Å². The van der Waals surface area contributed by atoms with Crippen molar-refractivity contribution >= 4 is 11.9 Å². The van der Waals surface area contributed by atoms with E-state index in [-0.39, 0.29) is 11.9 Å². The molecule has 0 radical (unpaired) electrons. The van der Waals surface area contributed by atoms with Crippen LogP contribution in [-0.4, -0.2) is 45.9 Å². The van der Waals surface area contributed by atoms with Gasteiger partial charge in [0.25, 0.3) is 5.91 Å². The van der Waals surface area contributed by atoms with Gasteiger partial charge < -0.3 is 9.80 Å². The third-order valence-electron chi connectivity index (χ3n) is 5.43. The quantitative estimate of drug-likeness (QED) is 0.862. The van der Waals surface area contributed by atoms with Crippen molar-refractivity contribution < 1.29 is 9.18 Å². The lowest BCUT2D eigenvalue weighted by Gasteiger charge is -2.42. The SMILES string of the molecule is CN(C(=O)c1ccccc1)C1CC2CCC(C1)N2c1ncc(F)cn1. The summed E-state index contributed by atoms with van der Waals surface area (Å²) in [6.07, 6.45) is 6.36. The minimum atomic E-state index is -0.417. The summed E-state index contributed by atoms with van der Waals surface area (Å²) in [5.74, 6) is 0.250. The van der Waals surface area contributed by atoms with Crippen molar-refractivity contribution in [3.63, 3.8) is 0 Å². The number of halogens is 1. The van der Waals surface area contributed by atoms with Crippen LogP contribution in [0.4, 0.5) is 10.3 Å². The van der Waals surface area contributed by atoms with Crippen molar-refractivity contribution in [1.29, 1.82) is 0 Å². The minimum absolute atomic E-state index is 0.0662. The molecule has 0 aliphatic carbocycles. The van der Waals surface area contributed by atoms with Crippen LogP contribution in [0.25, 0.3) is 0 Å². The monoisotopic (exact) mass is 340 g/mol. The Labute approximate surface area is 146 Å². The zero-order valence-electron chi connectivity index (χ0n) is 14.2. The van der Waals surface area contributed by atoms with Gasteiger partial charge in [0, 0.05) is 30.7 Å². The van der Waals surface area contributed by atoms with Crippen molar-refractivity contribution in [2.45, 2.75) is 43.8 Å². The number of benzene rings is 1. The molecule has 2 atom stereocenters. The number of anilines is 1. The Kier molecular flexibility index (Phi) is 4.11. The summed E-state index contributed by atoms with van der Waals surface area (Å²) in [6.45, 7) is 0. The molecular weight excluding hydrogens is 319 g/mol. The normalized spacial score (nSPS) is 25.0. The Hall–Kier alpha value is -2.50. The average Bonchev–Trinajstić information content (AvgIpc) is 2.91. The van der Waals surface area contributed by atoms with Crippen LogP contribution in [0.1, 0.15) is 36.0 Å². The van der Waals surface area contributed by atoms with E-state index in [2.05, 4.69) is 14.9 Å². The van der Waals surface area contributed by atoms with Gasteiger partial charge in [0.2, 0.25) is 5.95 Å². The van der Waals surface area contributed by atoms with Gasteiger partial charge in [0.15, 0.2) is 5.82 Å². The van der Waals surface area contributed by atoms with E-state index in [1.165, 1.54) is 12.4 Å². The fraction of sp³-hybridized carbons (Fsp3) is 0.421. The Balaban J connectivity index is 1.49. The molecule has 3 heterocycles. The van der Waals surface area contributed by atoms with Crippen LogP contribution in [-0.2, 0) is 0 Å². The second-order valence-corrected chi connectivity index (χ2v) is 6.90. The highest BCUT2D eigenvalue weighted by atomic mass is 19.1. The molecule has 0 N–H and O–H groups in total. The third kappa shape index (κ3) is 2.97. The highest BCUT2D eigenvalue weighted by molar-refractivity contribution is 5.94. The maximum atomic E-state index is 13.1. The molecule has 5 nitrogen and oxygen atoms in total. The predicted octanol–water partition coefficient (Wildman–Crippen LogP) is 2.89. The van der Waals surface area contributed by atoms with Crippen LogP contribution in [0.5, 0.6) is 0 Å². The van der Waals surface area contributed by atoms with Crippen molar-refractivity contribution in [2.75, 3.05) is 11.9 Å². The van der Waals surface area contributed by atoms with Crippen molar-refractivity contribution in [2.24, 2.45) is 0 Å². The van der Waals surface area contributed by atoms with Crippen LogP contribution >= 0.6 is 0 Å². The van der Waals surface area contributed by atoms with Gasteiger partial charge in [-0.25, -0.2) is 14.4 Å². The van der Waals surface area contributed by atoms with E-state index in [9.17, 15) is 9.18 Å². The Morgan fingerprint density at radius 2 is 1.72 bits per heavy atom. The van der Waals surface area contributed by atoms with Crippen LogP contribution in [0.2, 0.25) is 0 Å². The number of nitrogens with zero attached hydrogens (tertiary/aromatic N) is 4. The van der Waals surface area contributed by atoms with Gasteiger partial charge in [-0.3, -0.25) is 4.79 Å². The highest BCUT2D eigenvalue weighted by Crippen LogP contribution is 2.39. The molecule has 130 valence electrons. The van der Waals surface area contributed by atoms with Crippen LogP contribution in [0, 0.1) is 5.82 Å². The van der Waals surface area contributed by atoms with E-state index in [1.807, 2.05) is 42.3 Å². The first kappa shape index (κ1) is 16.0. The Morgan fingerprint density at radius 3 is 2.32 bits per heavy atom. The summed E-state index contributed by atoms with van der Waals surface area (Å²) < 4.78 is 13.1. The number of carbonyl (C=O) groups is 1. The highest BCUT2D eigenvalue weighted by Gasteiger charge is 2.43. The molecule has 2 unspecified atom stereocenters. The zero-order chi connectivity index (χ0) is 17.4. The summed E-state index contributed by atoms with van der Waals surface area (Å²) in [6, 6.07) is 10.2. The maximum Gasteiger partial charge on any atom is 0.253 e. The molecule has 25 heavy (non-hydrogen) atoms. The van der Waals surface area contributed by atoms with Crippen LogP contribution in [0.15, 0.2) is 42.7 Å². The number of fused-ring (bicyclic) bond motifs is 2. The molecule has 6 heteroatoms. The second-order valence-electron chi connectivity index (χ2n) is 6.90. The van der Waals surface area contributed by atoms with Gasteiger partial charge >= 0.3 is 0 Å². The standard InChI is InChI=1S/C19H21FN4O/c1-23(18(25)13-5-3-2-4-6-13)17-9-15-7-8-16(10-17)24(15)19-21-11-14(20)12-22-19/h2-6,11-12,15-17H,7-10H2,1H3. The zero-order valence-corrected chi connectivity index (χ0v) is 14.2. The number of hydrogen-bond acceptors (Lipinski definition) is 4. The van der Waals surface area contributed by atoms with E-state index in [0.717, 1.165) is 31.2 Å². The molecule has 4 rings (SSSR count). The molecule has 2 aliphatic rings. The molecular formula is C19H21FN4O. The average molecular weight is 340 g/mol. The van der Waals surface area contributed by atoms with E-state index in [1.54, 1.807) is 0 Å². The lowest BCUT2D eigenvalue weighted by atomic mass is 9.96. The smallest absolute Gasteiger partial charge is 0.253 e. The lowest BCUT2D eigenvalue weighted by molar-refractivity contribution is 0.0693. The first-order chi connectivity index (χ1) is 12.1. The summed E-state index contributed by atoms with van der Waals surface area (Å²) in [7, 11) is 1.89. The van der Waals surface area contributed by atoms with Gasteiger partial charge in [-0.15, -0.1) is 0 Å². The number of hydrogen-bond donors (Lipinski definition) is 0. The molecule has 2 aliphatic heterocycles. The first-order valence-corrected chi connectivity index (χ1v) is 8.71. The van der Waals surface area contributed by atoms with E-state index in [4.69, 9.17) is 0 Å². The number of aromatic nitrogens is 2. The molecule has 1 aromatic heterocycles. The molecule has 1 aromatic carbocycles. The Morgan fingerprint density at radius 1 is 1.12 bits per heavy atom. The van der Waals surface area contributed by atoms with E-state index in [0.29, 0.717) is 18.0 Å². The van der Waals surface area contributed by atoms with Crippen molar-refractivity contribution in [1.82, 2.24) is 14.9 Å². The fourth-order valence-corrected chi connectivity index (χ4v) is 4.18. The largest absolute Gasteiger partial charge is 0.339 e. The van der Waals surface area contributed by atoms with Gasteiger partial charge in [-0.05, 0) is 37.8 Å². The number of amides is 1. The number of piperidine rings is 1. The van der Waals surface area contributed by atoms with Gasteiger partial charge in [-0.2, -0.15) is 0 Å². The molecule has 2 fully saturated rings. The molecule has 0 spiro atoms. The molecule has 2 saturated heterocycles. The van der Waals surface area contributed by atoms with Crippen molar-refractivity contribution in [3.8, 4) is 0 Å². The molecule has 2 bridgehead atoms. The predicted molar refractivity (Wildman–Crippen MR) is 92.8 cm³/mol. The summed E-state index contributed by atoms with van der Waals surface area (Å²) in [5, 5.41) is 0. The molecule has 2 aromatic rings. The summed E-state index contributed by atoms with van der Waals surface area (Å²) in [4.78, 5) is 25.1. The minimum Gasteiger partial charge on any atom is -0.339 e. The fourth-order valence-electron chi connectivity index (χ4n) is 4.18. The second kappa shape index (κ2) is 6.43. The van der Waals surface area contributed by atoms with Gasteiger partial charge in [-0.1, -0.05) is 18.2 Å². The Bertz CT molecular complexity index is 738.